The van der Waals surface area contributed by atoms with E-state index in [1.54, 1.807) is 13.2 Å². The fraction of sp³-hybridized carbons (Fsp3) is 0.182. The van der Waals surface area contributed by atoms with E-state index >= 15 is 0 Å². The summed E-state index contributed by atoms with van der Waals surface area (Å²) in [6, 6.07) is 3.76. The maximum Gasteiger partial charge on any atom is 0.312 e. The fourth-order valence-electron chi connectivity index (χ4n) is 1.77. The number of nitro benzene ring substituents is 1. The van der Waals surface area contributed by atoms with Gasteiger partial charge in [-0.05, 0) is 12.1 Å². The Morgan fingerprint density at radius 3 is 2.76 bits per heavy atom. The highest BCUT2D eigenvalue weighted by Gasteiger charge is 2.27. The molecule has 0 unspecified atom stereocenters. The number of benzene rings is 1. The van der Waals surface area contributed by atoms with Crippen LogP contribution in [0.3, 0.4) is 0 Å². The Bertz CT molecular complexity index is 784. The van der Waals surface area contributed by atoms with E-state index in [9.17, 15) is 18.5 Å². The molecule has 0 amide bonds. The number of rotatable bonds is 5. The van der Waals surface area contributed by atoms with Gasteiger partial charge in [0.1, 0.15) is 5.69 Å². The average molecular weight is 311 g/mol. The molecule has 3 N–H and O–H groups in total. The van der Waals surface area contributed by atoms with Crippen LogP contribution in [0, 0.1) is 10.1 Å². The number of hydrogen-bond donors (Lipinski definition) is 2. The number of aromatic nitrogens is 2. The van der Waals surface area contributed by atoms with Crippen molar-refractivity contribution in [1.29, 1.82) is 0 Å². The zero-order valence-corrected chi connectivity index (χ0v) is 11.9. The number of anilines is 1. The third-order valence-electron chi connectivity index (χ3n) is 2.73. The van der Waals surface area contributed by atoms with Crippen molar-refractivity contribution in [2.75, 3.05) is 5.73 Å². The second-order valence-corrected chi connectivity index (χ2v) is 6.03. The molecule has 0 atom stereocenters. The molecule has 0 fully saturated rings. The molecule has 9 nitrogen and oxygen atoms in total. The highest BCUT2D eigenvalue weighted by Crippen LogP contribution is 2.29. The molecule has 0 bridgehead atoms. The zero-order valence-electron chi connectivity index (χ0n) is 11.1. The van der Waals surface area contributed by atoms with Gasteiger partial charge in [0, 0.05) is 25.4 Å². The smallest absolute Gasteiger partial charge is 0.312 e. The molecule has 2 rings (SSSR count). The number of nitrogen functional groups attached to an aromatic ring is 1. The van der Waals surface area contributed by atoms with Gasteiger partial charge in [-0.1, -0.05) is 6.07 Å². The Kier molecular flexibility index (Phi) is 3.91. The van der Waals surface area contributed by atoms with Gasteiger partial charge in [0.05, 0.1) is 11.1 Å². The van der Waals surface area contributed by atoms with Crippen molar-refractivity contribution in [3.63, 3.8) is 0 Å². The van der Waals surface area contributed by atoms with E-state index < -0.39 is 25.5 Å². The number of nitro groups is 1. The molecule has 1 aromatic carbocycles. The van der Waals surface area contributed by atoms with Gasteiger partial charge in [0.2, 0.25) is 10.0 Å². The van der Waals surface area contributed by atoms with Crippen LogP contribution in [0.2, 0.25) is 0 Å². The Balaban J connectivity index is 2.32. The molecule has 10 heteroatoms. The highest BCUT2D eigenvalue weighted by atomic mass is 32.2. The molecule has 0 aliphatic rings. The average Bonchev–Trinajstić information content (AvgIpc) is 2.82. The van der Waals surface area contributed by atoms with Crippen molar-refractivity contribution in [1.82, 2.24) is 14.5 Å². The summed E-state index contributed by atoms with van der Waals surface area (Å²) in [4.78, 5) is 9.71. The highest BCUT2D eigenvalue weighted by molar-refractivity contribution is 7.89. The lowest BCUT2D eigenvalue weighted by atomic mass is 10.3. The van der Waals surface area contributed by atoms with Crippen LogP contribution in [0.4, 0.5) is 11.4 Å². The number of hydrogen-bond acceptors (Lipinski definition) is 6. The summed E-state index contributed by atoms with van der Waals surface area (Å²) in [5.74, 6) is 0. The first-order valence-electron chi connectivity index (χ1n) is 5.81. The fourth-order valence-corrected chi connectivity index (χ4v) is 2.99. The van der Waals surface area contributed by atoms with Crippen LogP contribution in [0.1, 0.15) is 5.56 Å². The minimum Gasteiger partial charge on any atom is -0.393 e. The first-order chi connectivity index (χ1) is 9.81. The quantitative estimate of drug-likeness (QED) is 0.466. The number of aryl methyl sites for hydroxylation is 1. The van der Waals surface area contributed by atoms with E-state index in [-0.39, 0.29) is 12.2 Å². The van der Waals surface area contributed by atoms with Crippen LogP contribution < -0.4 is 10.5 Å². The van der Waals surface area contributed by atoms with E-state index in [0.717, 1.165) is 6.07 Å². The lowest BCUT2D eigenvalue weighted by molar-refractivity contribution is -0.386. The largest absolute Gasteiger partial charge is 0.393 e. The molecule has 21 heavy (non-hydrogen) atoms. The van der Waals surface area contributed by atoms with Crippen LogP contribution in [-0.4, -0.2) is 23.1 Å². The third-order valence-corrected chi connectivity index (χ3v) is 4.16. The molecule has 1 aromatic heterocycles. The van der Waals surface area contributed by atoms with E-state index in [1.165, 1.54) is 23.0 Å². The summed E-state index contributed by atoms with van der Waals surface area (Å²) >= 11 is 0. The van der Waals surface area contributed by atoms with Crippen molar-refractivity contribution in [3.05, 3.63) is 46.3 Å². The normalized spacial score (nSPS) is 11.5. The SMILES string of the molecule is Cn1cc(CNS(=O)(=O)c2cccc(N)c2[N+](=O)[O-])cn1. The van der Waals surface area contributed by atoms with Gasteiger partial charge in [-0.3, -0.25) is 14.8 Å². The van der Waals surface area contributed by atoms with Gasteiger partial charge in [0.25, 0.3) is 0 Å². The van der Waals surface area contributed by atoms with Gasteiger partial charge in [-0.2, -0.15) is 5.10 Å². The predicted octanol–water partition coefficient (Wildman–Crippen LogP) is 0.389. The van der Waals surface area contributed by atoms with Gasteiger partial charge in [-0.15, -0.1) is 0 Å². The summed E-state index contributed by atoms with van der Waals surface area (Å²) in [5, 5.41) is 14.9. The van der Waals surface area contributed by atoms with E-state index in [0.29, 0.717) is 5.56 Å². The van der Waals surface area contributed by atoms with Gasteiger partial charge in [0.15, 0.2) is 4.90 Å². The standard InChI is InChI=1S/C11H13N5O4S/c1-15-7-8(5-13-15)6-14-21(19,20)10-4-2-3-9(12)11(10)16(17)18/h2-5,7,14H,6,12H2,1H3. The molecule has 2 aromatic rings. The van der Waals surface area contributed by atoms with E-state index in [2.05, 4.69) is 9.82 Å². The van der Waals surface area contributed by atoms with Crippen molar-refractivity contribution < 1.29 is 13.3 Å². The van der Waals surface area contributed by atoms with Gasteiger partial charge >= 0.3 is 5.69 Å². The van der Waals surface area contributed by atoms with E-state index in [4.69, 9.17) is 5.73 Å². The van der Waals surface area contributed by atoms with Crippen LogP contribution in [0.5, 0.6) is 0 Å². The summed E-state index contributed by atoms with van der Waals surface area (Å²) in [5.41, 5.74) is 5.28. The lowest BCUT2D eigenvalue weighted by Gasteiger charge is -2.07. The van der Waals surface area contributed by atoms with Crippen LogP contribution >= 0.6 is 0 Å². The maximum atomic E-state index is 12.2. The molecule has 0 radical (unpaired) electrons. The van der Waals surface area contributed by atoms with Crippen molar-refractivity contribution in [2.24, 2.45) is 7.05 Å². The zero-order chi connectivity index (χ0) is 15.6. The van der Waals surface area contributed by atoms with Crippen LogP contribution in [-0.2, 0) is 23.6 Å². The number of nitrogens with zero attached hydrogens (tertiary/aromatic N) is 3. The van der Waals surface area contributed by atoms with Gasteiger partial charge < -0.3 is 5.73 Å². The topological polar surface area (TPSA) is 133 Å². The van der Waals surface area contributed by atoms with Crippen LogP contribution in [0.15, 0.2) is 35.5 Å². The number of nitrogens with one attached hydrogen (secondary N) is 1. The first kappa shape index (κ1) is 14.9. The number of sulfonamides is 1. The molecule has 0 saturated carbocycles. The summed E-state index contributed by atoms with van der Waals surface area (Å²) < 4.78 is 28.2. The first-order valence-corrected chi connectivity index (χ1v) is 7.29. The molecular weight excluding hydrogens is 298 g/mol. The Hall–Kier alpha value is -2.46. The van der Waals surface area contributed by atoms with Crippen molar-refractivity contribution in [2.45, 2.75) is 11.4 Å². The lowest BCUT2D eigenvalue weighted by Crippen LogP contribution is -2.24. The Morgan fingerprint density at radius 1 is 1.48 bits per heavy atom. The summed E-state index contributed by atoms with van der Waals surface area (Å²) in [6.07, 6.45) is 3.13. The molecule has 0 aliphatic carbocycles. The second kappa shape index (κ2) is 5.50. The summed E-state index contributed by atoms with van der Waals surface area (Å²) in [7, 11) is -2.36. The summed E-state index contributed by atoms with van der Waals surface area (Å²) in [6.45, 7) is -0.0257. The maximum absolute atomic E-state index is 12.2. The predicted molar refractivity (Wildman–Crippen MR) is 74.7 cm³/mol. The minimum absolute atomic E-state index is 0.0257. The molecular formula is C11H13N5O4S. The van der Waals surface area contributed by atoms with Crippen LogP contribution in [0.25, 0.3) is 0 Å². The monoisotopic (exact) mass is 311 g/mol. The van der Waals surface area contributed by atoms with E-state index in [1.807, 2.05) is 0 Å². The Labute approximate surface area is 120 Å². The van der Waals surface area contributed by atoms with Crippen molar-refractivity contribution >= 4 is 21.4 Å². The Morgan fingerprint density at radius 2 is 2.19 bits per heavy atom. The third kappa shape index (κ3) is 3.17. The number of nitrogens with two attached hydrogens (primary N) is 1. The second-order valence-electron chi connectivity index (χ2n) is 4.30. The molecule has 112 valence electrons. The molecule has 0 saturated heterocycles. The molecule has 0 spiro atoms. The minimum atomic E-state index is -4.06. The van der Waals surface area contributed by atoms with Gasteiger partial charge in [-0.25, -0.2) is 13.1 Å². The molecule has 0 aliphatic heterocycles. The number of para-hydroxylation sites is 1. The van der Waals surface area contributed by atoms with Crippen molar-refractivity contribution in [3.8, 4) is 0 Å². The molecule has 1 heterocycles.